The van der Waals surface area contributed by atoms with Crippen LogP contribution >= 0.6 is 0 Å². The lowest BCUT2D eigenvalue weighted by atomic mass is 9.90. The molecule has 0 atom stereocenters. The summed E-state index contributed by atoms with van der Waals surface area (Å²) in [4.78, 5) is 22.1. The fraction of sp³-hybridized carbons (Fsp3) is 0.226. The largest absolute Gasteiger partial charge is 0.493 e. The number of carboxylic acids is 2. The lowest BCUT2D eigenvalue weighted by Gasteiger charge is -2.15. The second-order valence-electron chi connectivity index (χ2n) is 8.74. The van der Waals surface area contributed by atoms with Crippen LogP contribution in [0.4, 0.5) is 0 Å². The van der Waals surface area contributed by atoms with Gasteiger partial charge in [-0.25, -0.2) is 9.59 Å². The molecular formula is C31H32O6. The van der Waals surface area contributed by atoms with E-state index in [1.807, 2.05) is 6.08 Å². The van der Waals surface area contributed by atoms with Crippen molar-refractivity contribution in [2.75, 3.05) is 14.2 Å². The van der Waals surface area contributed by atoms with Crippen LogP contribution in [-0.4, -0.2) is 36.4 Å². The molecule has 37 heavy (non-hydrogen) atoms. The number of allylic oxidation sites excluding steroid dienone is 12. The molecular weight excluding hydrogens is 468 g/mol. The lowest BCUT2D eigenvalue weighted by Crippen LogP contribution is -2.05. The van der Waals surface area contributed by atoms with Crippen LogP contribution < -0.4 is 9.47 Å². The van der Waals surface area contributed by atoms with Crippen LogP contribution in [0.1, 0.15) is 12.5 Å². The zero-order valence-corrected chi connectivity index (χ0v) is 21.2. The third-order valence-corrected chi connectivity index (χ3v) is 6.04. The van der Waals surface area contributed by atoms with Crippen molar-refractivity contribution >= 4 is 18.0 Å². The van der Waals surface area contributed by atoms with Crippen LogP contribution in [0.15, 0.2) is 108 Å². The molecule has 7 rings (SSSR count). The highest BCUT2D eigenvalue weighted by molar-refractivity contribution is 5.92. The molecule has 0 heterocycles. The summed E-state index contributed by atoms with van der Waals surface area (Å²) in [6.45, 7) is 1.53. The molecule has 1 aromatic rings. The summed E-state index contributed by atoms with van der Waals surface area (Å²) < 4.78 is 10.3. The first kappa shape index (κ1) is 27.3. The van der Waals surface area contributed by atoms with Gasteiger partial charge in [0.05, 0.1) is 19.8 Å². The fourth-order valence-corrected chi connectivity index (χ4v) is 3.98. The number of carboxylic acid groups (broad SMARTS) is 2. The van der Waals surface area contributed by atoms with Gasteiger partial charge in [-0.1, -0.05) is 91.1 Å². The minimum atomic E-state index is -0.954. The molecule has 0 fully saturated rings. The maximum atomic E-state index is 11.4. The van der Waals surface area contributed by atoms with Crippen molar-refractivity contribution < 1.29 is 29.3 Å². The van der Waals surface area contributed by atoms with E-state index in [1.165, 1.54) is 21.1 Å². The SMILES string of the molecule is COc1cccc(C=C(C)C(=O)O)c1OC.O=C(O)C1=C/C2C=CC(C=C2)/C=C\C2C=CC(C=C2)/C=C\1. The van der Waals surface area contributed by atoms with E-state index in [1.54, 1.807) is 36.4 Å². The minimum Gasteiger partial charge on any atom is -0.493 e. The van der Waals surface area contributed by atoms with E-state index in [2.05, 4.69) is 60.8 Å². The molecule has 0 saturated heterocycles. The molecule has 6 nitrogen and oxygen atoms in total. The van der Waals surface area contributed by atoms with Crippen molar-refractivity contribution in [1.29, 1.82) is 0 Å². The smallest absolute Gasteiger partial charge is 0.335 e. The molecule has 0 amide bonds. The van der Waals surface area contributed by atoms with Crippen molar-refractivity contribution in [2.24, 2.45) is 23.7 Å². The standard InChI is InChI=1S/C19H18O2.C12H14O4/c20-19(21)18-12-11-16-5-3-14(4-6-16)1-2-15-7-9-17(13-18)10-8-15;1-8(12(13)14)7-9-5-4-6-10(15-2)11(9)16-3/h1-17H,(H,20,21);4-7H,1-3H3,(H,13,14)/b2-1-,12-11-,18-13+;. The Morgan fingerprint density at radius 1 is 0.757 bits per heavy atom. The minimum absolute atomic E-state index is 0.0524. The first-order valence-corrected chi connectivity index (χ1v) is 12.0. The van der Waals surface area contributed by atoms with Crippen molar-refractivity contribution in [3.05, 3.63) is 114 Å². The Morgan fingerprint density at radius 2 is 1.27 bits per heavy atom. The Morgan fingerprint density at radius 3 is 1.73 bits per heavy atom. The van der Waals surface area contributed by atoms with Gasteiger partial charge < -0.3 is 19.7 Å². The number of carbonyl (C=O) groups is 2. The van der Waals surface area contributed by atoms with Crippen LogP contribution in [0.5, 0.6) is 11.5 Å². The Bertz CT molecular complexity index is 1210. The van der Waals surface area contributed by atoms with E-state index in [-0.39, 0.29) is 17.4 Å². The number of methoxy groups -OCH3 is 2. The Balaban J connectivity index is 0.000000214. The Labute approximate surface area is 217 Å². The fourth-order valence-electron chi connectivity index (χ4n) is 3.98. The van der Waals surface area contributed by atoms with Crippen LogP contribution in [0.2, 0.25) is 0 Å². The van der Waals surface area contributed by atoms with Gasteiger partial charge >= 0.3 is 11.9 Å². The number of para-hydroxylation sites is 1. The molecule has 0 unspecified atom stereocenters. The maximum Gasteiger partial charge on any atom is 0.335 e. The van der Waals surface area contributed by atoms with Gasteiger partial charge in [-0.2, -0.15) is 0 Å². The predicted octanol–water partition coefficient (Wildman–Crippen LogP) is 6.03. The van der Waals surface area contributed by atoms with Gasteiger partial charge in [-0.05, 0) is 19.1 Å². The van der Waals surface area contributed by atoms with Crippen molar-refractivity contribution in [3.63, 3.8) is 0 Å². The first-order valence-electron chi connectivity index (χ1n) is 12.0. The Hall–Kier alpha value is -4.32. The third kappa shape index (κ3) is 7.84. The van der Waals surface area contributed by atoms with Gasteiger partial charge in [0.25, 0.3) is 0 Å². The van der Waals surface area contributed by atoms with Crippen LogP contribution in [0, 0.1) is 23.7 Å². The average Bonchev–Trinajstić information content (AvgIpc) is 2.91. The van der Waals surface area contributed by atoms with Crippen molar-refractivity contribution in [3.8, 4) is 11.5 Å². The second kappa shape index (κ2) is 13.1. The number of hydrogen-bond donors (Lipinski definition) is 2. The highest BCUT2D eigenvalue weighted by Gasteiger charge is 2.13. The molecule has 0 saturated carbocycles. The van der Waals surface area contributed by atoms with E-state index >= 15 is 0 Å². The third-order valence-electron chi connectivity index (χ3n) is 6.04. The number of aliphatic carboxylic acids is 2. The summed E-state index contributed by atoms with van der Waals surface area (Å²) in [5, 5.41) is 18.1. The van der Waals surface area contributed by atoms with Gasteiger partial charge in [-0.3, -0.25) is 0 Å². The average molecular weight is 501 g/mol. The number of hydrogen-bond acceptors (Lipinski definition) is 4. The van der Waals surface area contributed by atoms with E-state index in [0.29, 0.717) is 34.5 Å². The quantitative estimate of drug-likeness (QED) is 0.379. The first-order chi connectivity index (χ1) is 17.8. The van der Waals surface area contributed by atoms with Crippen molar-refractivity contribution in [2.45, 2.75) is 6.92 Å². The van der Waals surface area contributed by atoms with Crippen LogP contribution in [-0.2, 0) is 9.59 Å². The molecule has 6 aliphatic carbocycles. The topological polar surface area (TPSA) is 93.1 Å². The monoisotopic (exact) mass is 500 g/mol. The van der Waals surface area contributed by atoms with Crippen LogP contribution in [0.3, 0.4) is 0 Å². The molecule has 1 aromatic carbocycles. The van der Waals surface area contributed by atoms with E-state index in [0.717, 1.165) is 0 Å². The molecule has 6 aliphatic rings. The maximum absolute atomic E-state index is 11.4. The molecule has 192 valence electrons. The summed E-state index contributed by atoms with van der Waals surface area (Å²) in [7, 11) is 3.06. The van der Waals surface area contributed by atoms with Gasteiger partial charge in [0.1, 0.15) is 0 Å². The normalized spacial score (nSPS) is 26.8. The predicted molar refractivity (Wildman–Crippen MR) is 145 cm³/mol. The van der Waals surface area contributed by atoms with E-state index < -0.39 is 11.9 Å². The van der Waals surface area contributed by atoms with E-state index in [4.69, 9.17) is 14.6 Å². The molecule has 6 heteroatoms. The molecule has 4 bridgehead atoms. The van der Waals surface area contributed by atoms with Gasteiger partial charge in [0, 0.05) is 34.8 Å². The molecule has 2 N–H and O–H groups in total. The van der Waals surface area contributed by atoms with Crippen molar-refractivity contribution in [1.82, 2.24) is 0 Å². The molecule has 0 radical (unpaired) electrons. The summed E-state index contributed by atoms with van der Waals surface area (Å²) in [6.07, 6.45) is 28.2. The summed E-state index contributed by atoms with van der Waals surface area (Å²) >= 11 is 0. The lowest BCUT2D eigenvalue weighted by molar-refractivity contribution is -0.133. The molecule has 0 spiro atoms. The highest BCUT2D eigenvalue weighted by Crippen LogP contribution is 2.32. The number of ether oxygens (including phenoxy) is 2. The highest BCUT2D eigenvalue weighted by atomic mass is 16.5. The van der Waals surface area contributed by atoms with Gasteiger partial charge in [0.2, 0.25) is 0 Å². The Kier molecular flexibility index (Phi) is 9.67. The van der Waals surface area contributed by atoms with Crippen LogP contribution in [0.25, 0.3) is 6.08 Å². The van der Waals surface area contributed by atoms with Gasteiger partial charge in [0.15, 0.2) is 11.5 Å². The van der Waals surface area contributed by atoms with Gasteiger partial charge in [-0.15, -0.1) is 0 Å². The molecule has 0 aromatic heterocycles. The zero-order chi connectivity index (χ0) is 26.8. The number of benzene rings is 1. The summed E-state index contributed by atoms with van der Waals surface area (Å²) in [5.74, 6) is 0.112. The second-order valence-corrected chi connectivity index (χ2v) is 8.74. The van der Waals surface area contributed by atoms with E-state index in [9.17, 15) is 14.7 Å². The zero-order valence-electron chi connectivity index (χ0n) is 21.2. The summed E-state index contributed by atoms with van der Waals surface area (Å²) in [5.41, 5.74) is 1.26. The molecule has 0 aliphatic heterocycles. The summed E-state index contributed by atoms with van der Waals surface area (Å²) in [6, 6.07) is 5.31. The number of rotatable bonds is 5.